The van der Waals surface area contributed by atoms with Gasteiger partial charge < -0.3 is 4.90 Å². The van der Waals surface area contributed by atoms with Gasteiger partial charge in [0.25, 0.3) is 10.0 Å². The van der Waals surface area contributed by atoms with E-state index in [0.717, 1.165) is 22.5 Å². The predicted octanol–water partition coefficient (Wildman–Crippen LogP) is 4.09. The van der Waals surface area contributed by atoms with E-state index in [1.807, 2.05) is 0 Å². The molecule has 0 aliphatic carbocycles. The van der Waals surface area contributed by atoms with Crippen molar-refractivity contribution in [2.75, 3.05) is 17.7 Å². The molecule has 2 aromatic carbocycles. The summed E-state index contributed by atoms with van der Waals surface area (Å²) in [6.45, 7) is 0.118. The van der Waals surface area contributed by atoms with E-state index in [1.54, 1.807) is 30.3 Å². The van der Waals surface area contributed by atoms with E-state index in [-0.39, 0.29) is 32.8 Å². The number of sulfone groups is 1. The molecule has 12 heteroatoms. The number of thiophene rings is 1. The summed E-state index contributed by atoms with van der Waals surface area (Å²) in [7, 11) is -8.02. The number of carbonyl (C=O) groups excluding carboxylic acids is 1. The molecule has 0 bridgehead atoms. The summed E-state index contributed by atoms with van der Waals surface area (Å²) >= 11 is 6.68. The molecule has 0 spiro atoms. The van der Waals surface area contributed by atoms with Crippen molar-refractivity contribution in [1.29, 1.82) is 0 Å². The van der Waals surface area contributed by atoms with E-state index in [2.05, 4.69) is 4.72 Å². The average Bonchev–Trinajstić information content (AvgIpc) is 3.22. The summed E-state index contributed by atoms with van der Waals surface area (Å²) in [5.41, 5.74) is 0.479. The number of hydrogen-bond donors (Lipinski definition) is 1. The fraction of sp³-hybridized carbons (Fsp3) is 0.227. The lowest BCUT2D eigenvalue weighted by Gasteiger charge is -2.33. The van der Waals surface area contributed by atoms with Crippen LogP contribution in [0.2, 0.25) is 4.34 Å². The number of piperidine rings is 1. The van der Waals surface area contributed by atoms with Gasteiger partial charge in [-0.1, -0.05) is 48.0 Å². The van der Waals surface area contributed by atoms with Gasteiger partial charge in [0, 0.05) is 18.4 Å². The molecule has 34 heavy (non-hydrogen) atoms. The van der Waals surface area contributed by atoms with Crippen LogP contribution >= 0.6 is 22.9 Å². The molecule has 2 heterocycles. The smallest absolute Gasteiger partial charge is 0.250 e. The molecule has 1 unspecified atom stereocenters. The Morgan fingerprint density at radius 2 is 1.76 bits per heavy atom. The van der Waals surface area contributed by atoms with Gasteiger partial charge in [0.1, 0.15) is 15.1 Å². The Morgan fingerprint density at radius 1 is 1.06 bits per heavy atom. The standard InChI is InChI=1S/C22H20ClFN2O5S3/c1-33(28,29)21-15(14-6-3-2-4-7-14)9-10-17(20(21)24)26-13-5-8-16(22(26)27)25-34(30,31)19-12-11-18(23)32-19/h2-4,6-7,9-12,16,25H,5,8,13H2,1H3. The molecular formula is C22H20ClFN2O5S3. The van der Waals surface area contributed by atoms with Crippen LogP contribution < -0.4 is 9.62 Å². The third-order valence-electron chi connectivity index (χ3n) is 5.37. The molecule has 1 aliphatic rings. The monoisotopic (exact) mass is 542 g/mol. The summed E-state index contributed by atoms with van der Waals surface area (Å²) in [6.07, 6.45) is 1.51. The maximum atomic E-state index is 15.7. The number of rotatable bonds is 6. The zero-order valence-electron chi connectivity index (χ0n) is 17.9. The second-order valence-electron chi connectivity index (χ2n) is 7.78. The minimum Gasteiger partial charge on any atom is -0.308 e. The predicted molar refractivity (Wildman–Crippen MR) is 130 cm³/mol. The van der Waals surface area contributed by atoms with Crippen molar-refractivity contribution in [1.82, 2.24) is 4.72 Å². The van der Waals surface area contributed by atoms with E-state index in [0.29, 0.717) is 12.0 Å². The fourth-order valence-electron chi connectivity index (χ4n) is 3.87. The highest BCUT2D eigenvalue weighted by atomic mass is 35.5. The van der Waals surface area contributed by atoms with Gasteiger partial charge in [0.2, 0.25) is 5.91 Å². The maximum absolute atomic E-state index is 15.7. The van der Waals surface area contributed by atoms with Crippen LogP contribution in [0.5, 0.6) is 0 Å². The summed E-state index contributed by atoms with van der Waals surface area (Å²) in [5, 5.41) is 0. The van der Waals surface area contributed by atoms with Gasteiger partial charge >= 0.3 is 0 Å². The van der Waals surface area contributed by atoms with Crippen molar-refractivity contribution in [3.05, 3.63) is 64.8 Å². The second-order valence-corrected chi connectivity index (χ2v) is 13.4. The Hall–Kier alpha value is -2.31. The molecule has 1 aromatic heterocycles. The highest BCUT2D eigenvalue weighted by Gasteiger charge is 2.36. The number of amides is 1. The molecule has 1 fully saturated rings. The Bertz CT molecular complexity index is 1460. The largest absolute Gasteiger partial charge is 0.308 e. The highest BCUT2D eigenvalue weighted by Crippen LogP contribution is 2.36. The molecule has 3 aromatic rings. The first-order chi connectivity index (χ1) is 16.0. The Labute approximate surface area is 206 Å². The van der Waals surface area contributed by atoms with E-state index in [9.17, 15) is 21.6 Å². The Kier molecular flexibility index (Phi) is 6.85. The van der Waals surface area contributed by atoms with E-state index in [1.165, 1.54) is 24.3 Å². The van der Waals surface area contributed by atoms with Crippen molar-refractivity contribution < 1.29 is 26.0 Å². The topological polar surface area (TPSA) is 101 Å². The van der Waals surface area contributed by atoms with Crippen LogP contribution in [-0.4, -0.2) is 41.6 Å². The number of anilines is 1. The van der Waals surface area contributed by atoms with Gasteiger partial charge in [-0.15, -0.1) is 11.3 Å². The lowest BCUT2D eigenvalue weighted by molar-refractivity contribution is -0.121. The number of hydrogen-bond acceptors (Lipinski definition) is 6. The van der Waals surface area contributed by atoms with Gasteiger partial charge in [-0.05, 0) is 36.6 Å². The zero-order chi connectivity index (χ0) is 24.7. The molecule has 0 radical (unpaired) electrons. The lowest BCUT2D eigenvalue weighted by atomic mass is 10.0. The van der Waals surface area contributed by atoms with Crippen molar-refractivity contribution >= 4 is 54.4 Å². The van der Waals surface area contributed by atoms with Crippen LogP contribution in [0.1, 0.15) is 12.8 Å². The van der Waals surface area contributed by atoms with Gasteiger partial charge in [-0.3, -0.25) is 4.79 Å². The first-order valence-corrected chi connectivity index (χ1v) is 14.7. The number of halogens is 2. The van der Waals surface area contributed by atoms with Crippen LogP contribution in [0.3, 0.4) is 0 Å². The molecule has 4 rings (SSSR count). The Balaban J connectivity index is 1.71. The van der Waals surface area contributed by atoms with Crippen LogP contribution in [0.4, 0.5) is 10.1 Å². The quantitative estimate of drug-likeness (QED) is 0.506. The molecule has 180 valence electrons. The van der Waals surface area contributed by atoms with Crippen LogP contribution in [0, 0.1) is 5.82 Å². The van der Waals surface area contributed by atoms with Crippen molar-refractivity contribution in [2.45, 2.75) is 28.0 Å². The third kappa shape index (κ3) is 4.89. The Morgan fingerprint density at radius 3 is 2.38 bits per heavy atom. The minimum atomic E-state index is -4.01. The zero-order valence-corrected chi connectivity index (χ0v) is 21.1. The van der Waals surface area contributed by atoms with Gasteiger partial charge in [0.15, 0.2) is 15.7 Å². The second kappa shape index (κ2) is 9.38. The number of nitrogens with zero attached hydrogens (tertiary/aromatic N) is 1. The van der Waals surface area contributed by atoms with E-state index in [4.69, 9.17) is 11.6 Å². The molecule has 1 atom stereocenters. The highest BCUT2D eigenvalue weighted by molar-refractivity contribution is 7.91. The molecule has 7 nitrogen and oxygen atoms in total. The van der Waals surface area contributed by atoms with Crippen LogP contribution in [0.25, 0.3) is 11.1 Å². The van der Waals surface area contributed by atoms with Gasteiger partial charge in [-0.25, -0.2) is 21.2 Å². The summed E-state index contributed by atoms with van der Waals surface area (Å²) < 4.78 is 68.7. The van der Waals surface area contributed by atoms with E-state index >= 15 is 4.39 Å². The summed E-state index contributed by atoms with van der Waals surface area (Å²) in [4.78, 5) is 13.7. The SMILES string of the molecule is CS(=O)(=O)c1c(-c2ccccc2)ccc(N2CCCC(NS(=O)(=O)c3ccc(Cl)s3)C2=O)c1F. The lowest BCUT2D eigenvalue weighted by Crippen LogP contribution is -2.52. The third-order valence-corrected chi connectivity index (χ3v) is 9.71. The van der Waals surface area contributed by atoms with Gasteiger partial charge in [0.05, 0.1) is 10.0 Å². The van der Waals surface area contributed by atoms with E-state index < -0.39 is 42.5 Å². The van der Waals surface area contributed by atoms with Crippen molar-refractivity contribution in [3.8, 4) is 11.1 Å². The number of sulfonamides is 1. The average molecular weight is 543 g/mol. The van der Waals surface area contributed by atoms with Crippen molar-refractivity contribution in [2.24, 2.45) is 0 Å². The molecule has 1 saturated heterocycles. The fourth-order valence-corrected chi connectivity index (χ4v) is 7.61. The number of carbonyl (C=O) groups is 1. The molecular weight excluding hydrogens is 523 g/mol. The first-order valence-electron chi connectivity index (χ1n) is 10.2. The summed E-state index contributed by atoms with van der Waals surface area (Å²) in [6, 6.07) is 12.9. The minimum absolute atomic E-state index is 0.0415. The van der Waals surface area contributed by atoms with Gasteiger partial charge in [-0.2, -0.15) is 4.72 Å². The van der Waals surface area contributed by atoms with Crippen molar-refractivity contribution in [3.63, 3.8) is 0 Å². The summed E-state index contributed by atoms with van der Waals surface area (Å²) in [5.74, 6) is -1.71. The molecule has 1 N–H and O–H groups in total. The number of benzene rings is 2. The first kappa shape index (κ1) is 24.8. The number of nitrogens with one attached hydrogen (secondary N) is 1. The van der Waals surface area contributed by atoms with Crippen LogP contribution in [-0.2, 0) is 24.7 Å². The molecule has 1 amide bonds. The molecule has 1 aliphatic heterocycles. The molecule has 0 saturated carbocycles. The normalized spacial score (nSPS) is 17.2. The maximum Gasteiger partial charge on any atom is 0.250 e. The van der Waals surface area contributed by atoms with Crippen LogP contribution in [0.15, 0.2) is 63.7 Å².